The summed E-state index contributed by atoms with van der Waals surface area (Å²) >= 11 is 1.48. The third-order valence-corrected chi connectivity index (χ3v) is 7.40. The molecule has 0 saturated carbocycles. The number of hydrogen-bond donors (Lipinski definition) is 1. The molecule has 1 fully saturated rings. The number of rotatable bonds is 8. The second-order valence-electron chi connectivity index (χ2n) is 8.88. The van der Waals surface area contributed by atoms with Gasteiger partial charge in [0.2, 0.25) is 0 Å². The van der Waals surface area contributed by atoms with Crippen molar-refractivity contribution < 1.29 is 9.59 Å². The van der Waals surface area contributed by atoms with Gasteiger partial charge in [0.05, 0.1) is 5.56 Å². The standard InChI is InChI=1S/C26H28N6O2S/c33-24(21-6-7-23-28-12-15-32(23)17-21)29-11-2-1-4-19-8-13-31(14-9-19)26(34)22-18-35-25(30-22)20-5-3-10-27-16-20/h3,5-7,10,12,15-19H,1-2,4,8-9,11,13-14H2,(H,29,33). The van der Waals surface area contributed by atoms with Gasteiger partial charge in [0.1, 0.15) is 16.3 Å². The molecular weight excluding hydrogens is 460 g/mol. The Morgan fingerprint density at radius 1 is 1.11 bits per heavy atom. The van der Waals surface area contributed by atoms with Crippen molar-refractivity contribution in [3.05, 3.63) is 71.9 Å². The van der Waals surface area contributed by atoms with E-state index in [1.807, 2.05) is 39.1 Å². The molecule has 9 heteroatoms. The Morgan fingerprint density at radius 2 is 2.00 bits per heavy atom. The van der Waals surface area contributed by atoms with Crippen LogP contribution in [0.1, 0.15) is 53.0 Å². The molecule has 35 heavy (non-hydrogen) atoms. The van der Waals surface area contributed by atoms with Crippen LogP contribution >= 0.6 is 11.3 Å². The van der Waals surface area contributed by atoms with Crippen molar-refractivity contribution in [2.75, 3.05) is 19.6 Å². The van der Waals surface area contributed by atoms with Crippen molar-refractivity contribution in [2.24, 2.45) is 5.92 Å². The van der Waals surface area contributed by atoms with Gasteiger partial charge in [-0.1, -0.05) is 12.8 Å². The molecule has 0 spiro atoms. The van der Waals surface area contributed by atoms with Crippen molar-refractivity contribution >= 4 is 28.8 Å². The lowest BCUT2D eigenvalue weighted by molar-refractivity contribution is 0.0680. The van der Waals surface area contributed by atoms with Gasteiger partial charge in [0, 0.05) is 61.6 Å². The minimum atomic E-state index is -0.0545. The van der Waals surface area contributed by atoms with Gasteiger partial charge in [0.15, 0.2) is 0 Å². The Kier molecular flexibility index (Phi) is 7.13. The van der Waals surface area contributed by atoms with Gasteiger partial charge in [0.25, 0.3) is 11.8 Å². The van der Waals surface area contributed by atoms with Crippen LogP contribution in [0.4, 0.5) is 0 Å². The maximum Gasteiger partial charge on any atom is 0.273 e. The number of carbonyl (C=O) groups is 2. The topological polar surface area (TPSA) is 92.5 Å². The molecule has 0 unspecified atom stereocenters. The molecule has 4 aromatic heterocycles. The number of fused-ring (bicyclic) bond motifs is 1. The second-order valence-corrected chi connectivity index (χ2v) is 9.74. The lowest BCUT2D eigenvalue weighted by atomic mass is 9.91. The molecule has 8 nitrogen and oxygen atoms in total. The van der Waals surface area contributed by atoms with Crippen molar-refractivity contribution in [2.45, 2.75) is 32.1 Å². The lowest BCUT2D eigenvalue weighted by Crippen LogP contribution is -2.38. The highest BCUT2D eigenvalue weighted by atomic mass is 32.1. The van der Waals surface area contributed by atoms with Crippen molar-refractivity contribution in [1.29, 1.82) is 0 Å². The number of nitrogens with one attached hydrogen (secondary N) is 1. The highest BCUT2D eigenvalue weighted by Crippen LogP contribution is 2.26. The van der Waals surface area contributed by atoms with E-state index in [0.717, 1.165) is 61.4 Å². The summed E-state index contributed by atoms with van der Waals surface area (Å²) in [7, 11) is 0. The molecule has 1 aliphatic rings. The summed E-state index contributed by atoms with van der Waals surface area (Å²) in [6.07, 6.45) is 14.0. The molecule has 4 aromatic rings. The van der Waals surface area contributed by atoms with Crippen LogP contribution in [-0.2, 0) is 0 Å². The van der Waals surface area contributed by atoms with Crippen molar-refractivity contribution in [3.63, 3.8) is 0 Å². The molecule has 0 aromatic carbocycles. The third-order valence-electron chi connectivity index (χ3n) is 6.51. The largest absolute Gasteiger partial charge is 0.352 e. The second kappa shape index (κ2) is 10.8. The van der Waals surface area contributed by atoms with Crippen molar-refractivity contribution in [3.8, 4) is 10.6 Å². The SMILES string of the molecule is O=C(NCCCCC1CCN(C(=O)c2csc(-c3cccnc3)n2)CC1)c1ccc2nccn2c1. The molecule has 1 N–H and O–H groups in total. The number of amides is 2. The Hall–Kier alpha value is -3.59. The lowest BCUT2D eigenvalue weighted by Gasteiger charge is -2.31. The summed E-state index contributed by atoms with van der Waals surface area (Å²) in [5, 5.41) is 5.68. The predicted octanol–water partition coefficient (Wildman–Crippen LogP) is 4.31. The number of thiazole rings is 1. The van der Waals surface area contributed by atoms with Crippen LogP contribution in [-0.4, -0.2) is 55.7 Å². The van der Waals surface area contributed by atoms with Crippen LogP contribution in [0.2, 0.25) is 0 Å². The minimum absolute atomic E-state index is 0.0198. The maximum atomic E-state index is 12.9. The summed E-state index contributed by atoms with van der Waals surface area (Å²) in [5.41, 5.74) is 2.93. The molecule has 5 rings (SSSR count). The summed E-state index contributed by atoms with van der Waals surface area (Å²) < 4.78 is 1.85. The van der Waals surface area contributed by atoms with E-state index in [1.165, 1.54) is 11.3 Å². The summed E-state index contributed by atoms with van der Waals surface area (Å²) in [5.74, 6) is 0.590. The van der Waals surface area contributed by atoms with Gasteiger partial charge in [-0.05, 0) is 49.4 Å². The summed E-state index contributed by atoms with van der Waals surface area (Å²) in [6, 6.07) is 7.48. The number of likely N-dealkylation sites (tertiary alicyclic amines) is 1. The van der Waals surface area contributed by atoms with E-state index in [-0.39, 0.29) is 11.8 Å². The summed E-state index contributed by atoms with van der Waals surface area (Å²) in [6.45, 7) is 2.22. The fraction of sp³-hybridized carbons (Fsp3) is 0.346. The number of hydrogen-bond acceptors (Lipinski definition) is 6. The van der Waals surface area contributed by atoms with Crippen molar-refractivity contribution in [1.82, 2.24) is 29.6 Å². The average Bonchev–Trinajstić information content (AvgIpc) is 3.58. The van der Waals surface area contributed by atoms with E-state index in [0.29, 0.717) is 23.7 Å². The number of piperidine rings is 1. The number of imidazole rings is 1. The maximum absolute atomic E-state index is 12.9. The van der Waals surface area contributed by atoms with E-state index < -0.39 is 0 Å². The first kappa shape index (κ1) is 23.2. The number of nitrogens with zero attached hydrogens (tertiary/aromatic N) is 5. The van der Waals surface area contributed by atoms with E-state index in [2.05, 4.69) is 20.3 Å². The van der Waals surface area contributed by atoms with Crippen LogP contribution in [0.25, 0.3) is 16.2 Å². The monoisotopic (exact) mass is 488 g/mol. The first-order valence-electron chi connectivity index (χ1n) is 12.0. The molecule has 1 aliphatic heterocycles. The van der Waals surface area contributed by atoms with Crippen LogP contribution < -0.4 is 5.32 Å². The zero-order chi connectivity index (χ0) is 24.0. The van der Waals surface area contributed by atoms with Crippen LogP contribution in [0.3, 0.4) is 0 Å². The van der Waals surface area contributed by atoms with Crippen LogP contribution in [0.15, 0.2) is 60.6 Å². The molecule has 5 heterocycles. The van der Waals surface area contributed by atoms with Crippen LogP contribution in [0, 0.1) is 5.92 Å². The molecule has 0 atom stereocenters. The minimum Gasteiger partial charge on any atom is -0.352 e. The highest BCUT2D eigenvalue weighted by molar-refractivity contribution is 7.13. The fourth-order valence-electron chi connectivity index (χ4n) is 4.50. The normalized spacial score (nSPS) is 14.3. The van der Waals surface area contributed by atoms with Gasteiger partial charge < -0.3 is 14.6 Å². The first-order chi connectivity index (χ1) is 17.2. The quantitative estimate of drug-likeness (QED) is 0.373. The fourth-order valence-corrected chi connectivity index (χ4v) is 5.28. The molecule has 0 aliphatic carbocycles. The molecule has 1 saturated heterocycles. The number of aromatic nitrogens is 4. The average molecular weight is 489 g/mol. The van der Waals surface area contributed by atoms with E-state index in [1.54, 1.807) is 30.9 Å². The van der Waals surface area contributed by atoms with E-state index in [9.17, 15) is 9.59 Å². The van der Waals surface area contributed by atoms with E-state index >= 15 is 0 Å². The zero-order valence-corrected chi connectivity index (χ0v) is 20.3. The van der Waals surface area contributed by atoms with Gasteiger partial charge in [-0.15, -0.1) is 11.3 Å². The predicted molar refractivity (Wildman–Crippen MR) is 135 cm³/mol. The number of unbranched alkanes of at least 4 members (excludes halogenated alkanes) is 1. The number of carbonyl (C=O) groups excluding carboxylic acids is 2. The van der Waals surface area contributed by atoms with Crippen LogP contribution in [0.5, 0.6) is 0 Å². The van der Waals surface area contributed by atoms with Gasteiger partial charge in [-0.2, -0.15) is 0 Å². The molecule has 0 radical (unpaired) electrons. The molecule has 0 bridgehead atoms. The summed E-state index contributed by atoms with van der Waals surface area (Å²) in [4.78, 5) is 40.1. The molecular formula is C26H28N6O2S. The van der Waals surface area contributed by atoms with Gasteiger partial charge in [-0.3, -0.25) is 14.6 Å². The Bertz CT molecular complexity index is 1290. The first-order valence-corrected chi connectivity index (χ1v) is 12.9. The third kappa shape index (κ3) is 5.57. The molecule has 2 amide bonds. The smallest absolute Gasteiger partial charge is 0.273 e. The van der Waals surface area contributed by atoms with Gasteiger partial charge in [-0.25, -0.2) is 9.97 Å². The van der Waals surface area contributed by atoms with Gasteiger partial charge >= 0.3 is 0 Å². The Balaban J connectivity index is 1.01. The highest BCUT2D eigenvalue weighted by Gasteiger charge is 2.25. The zero-order valence-electron chi connectivity index (χ0n) is 19.5. The molecule has 180 valence electrons. The number of pyridine rings is 2. The Labute approximate surface area is 208 Å². The van der Waals surface area contributed by atoms with E-state index in [4.69, 9.17) is 0 Å². The Morgan fingerprint density at radius 3 is 2.83 bits per heavy atom.